The highest BCUT2D eigenvalue weighted by Gasteiger charge is 2.28. The molecule has 0 bridgehead atoms. The molecule has 1 aromatic carbocycles. The molecular formula is C18H23N3O2. The lowest BCUT2D eigenvalue weighted by Gasteiger charge is -2.22. The molecule has 1 saturated heterocycles. The Hall–Kier alpha value is -2.40. The maximum atomic E-state index is 11.8. The normalized spacial score (nSPS) is 18.7. The van der Waals surface area contributed by atoms with Crippen LogP contribution < -0.4 is 11.1 Å². The highest BCUT2D eigenvalue weighted by molar-refractivity contribution is 5.99. The number of likely N-dealkylation sites (tertiary alicyclic amines) is 1. The number of nitrogens with one attached hydrogen (secondary N) is 1. The van der Waals surface area contributed by atoms with E-state index in [1.54, 1.807) is 12.2 Å². The molecule has 1 aliphatic heterocycles. The van der Waals surface area contributed by atoms with E-state index in [1.807, 2.05) is 37.3 Å². The SMILES string of the molecule is CC=CC=CC(=O)Nc1cccc(CN2CCCC2C(N)=O)c1. The molecule has 1 fully saturated rings. The highest BCUT2D eigenvalue weighted by Crippen LogP contribution is 2.21. The van der Waals surface area contributed by atoms with Gasteiger partial charge in [-0.05, 0) is 44.0 Å². The van der Waals surface area contributed by atoms with E-state index in [1.165, 1.54) is 6.08 Å². The van der Waals surface area contributed by atoms with E-state index < -0.39 is 0 Å². The summed E-state index contributed by atoms with van der Waals surface area (Å²) in [5.74, 6) is -0.433. The average molecular weight is 313 g/mol. The molecule has 122 valence electrons. The molecule has 1 atom stereocenters. The van der Waals surface area contributed by atoms with Crippen molar-refractivity contribution in [2.45, 2.75) is 32.4 Å². The van der Waals surface area contributed by atoms with E-state index in [4.69, 9.17) is 5.73 Å². The molecule has 5 heteroatoms. The molecule has 1 aromatic rings. The number of nitrogens with zero attached hydrogens (tertiary/aromatic N) is 1. The molecule has 0 aliphatic carbocycles. The first-order valence-electron chi connectivity index (χ1n) is 7.83. The molecule has 2 amide bonds. The zero-order valence-corrected chi connectivity index (χ0v) is 13.4. The number of primary amides is 1. The third-order valence-corrected chi connectivity index (χ3v) is 3.82. The lowest BCUT2D eigenvalue weighted by molar-refractivity contribution is -0.122. The van der Waals surface area contributed by atoms with Gasteiger partial charge in [0.25, 0.3) is 0 Å². The smallest absolute Gasteiger partial charge is 0.248 e. The minimum absolute atomic E-state index is 0.170. The van der Waals surface area contributed by atoms with Crippen LogP contribution >= 0.6 is 0 Å². The number of allylic oxidation sites excluding steroid dienone is 3. The predicted molar refractivity (Wildman–Crippen MR) is 91.7 cm³/mol. The summed E-state index contributed by atoms with van der Waals surface area (Å²) < 4.78 is 0. The van der Waals surface area contributed by atoms with Gasteiger partial charge in [-0.25, -0.2) is 0 Å². The molecule has 23 heavy (non-hydrogen) atoms. The molecule has 0 aromatic heterocycles. The molecule has 0 radical (unpaired) electrons. The fraction of sp³-hybridized carbons (Fsp3) is 0.333. The van der Waals surface area contributed by atoms with Crippen molar-refractivity contribution in [1.82, 2.24) is 4.90 Å². The molecule has 1 aliphatic rings. The van der Waals surface area contributed by atoms with Crippen LogP contribution in [0.2, 0.25) is 0 Å². The van der Waals surface area contributed by atoms with Crippen LogP contribution in [0.3, 0.4) is 0 Å². The number of benzene rings is 1. The standard InChI is InChI=1S/C18H23N3O2/c1-2-3-4-10-17(22)20-15-8-5-7-14(12-15)13-21-11-6-9-16(21)18(19)23/h2-5,7-8,10,12,16H,6,9,11,13H2,1H3,(H2,19,23)(H,20,22). The lowest BCUT2D eigenvalue weighted by Crippen LogP contribution is -2.39. The van der Waals surface area contributed by atoms with Crippen molar-refractivity contribution in [1.29, 1.82) is 0 Å². The van der Waals surface area contributed by atoms with Gasteiger partial charge >= 0.3 is 0 Å². The van der Waals surface area contributed by atoms with Gasteiger partial charge in [-0.3, -0.25) is 14.5 Å². The van der Waals surface area contributed by atoms with Gasteiger partial charge in [0.2, 0.25) is 11.8 Å². The predicted octanol–water partition coefficient (Wildman–Crippen LogP) is 2.21. The van der Waals surface area contributed by atoms with Crippen molar-refractivity contribution in [3.05, 3.63) is 54.1 Å². The third-order valence-electron chi connectivity index (χ3n) is 3.82. The summed E-state index contributed by atoms with van der Waals surface area (Å²) in [6.07, 6.45) is 8.64. The Morgan fingerprint density at radius 3 is 2.96 bits per heavy atom. The molecule has 1 unspecified atom stereocenters. The molecule has 3 N–H and O–H groups in total. The molecule has 2 rings (SSSR count). The summed E-state index contributed by atoms with van der Waals surface area (Å²) in [4.78, 5) is 25.3. The quantitative estimate of drug-likeness (QED) is 0.624. The van der Waals surface area contributed by atoms with Gasteiger partial charge in [-0.15, -0.1) is 0 Å². The summed E-state index contributed by atoms with van der Waals surface area (Å²) in [6, 6.07) is 7.48. The van der Waals surface area contributed by atoms with Crippen molar-refractivity contribution < 1.29 is 9.59 Å². The fourth-order valence-electron chi connectivity index (χ4n) is 2.76. The Labute approximate surface area is 136 Å². The van der Waals surface area contributed by atoms with Gasteiger partial charge in [-0.1, -0.05) is 30.4 Å². The molecule has 0 spiro atoms. The van der Waals surface area contributed by atoms with E-state index in [9.17, 15) is 9.59 Å². The number of carbonyl (C=O) groups is 2. The monoisotopic (exact) mass is 313 g/mol. The van der Waals surface area contributed by atoms with E-state index in [2.05, 4.69) is 10.2 Å². The largest absolute Gasteiger partial charge is 0.368 e. The minimum atomic E-state index is -0.263. The molecular weight excluding hydrogens is 290 g/mol. The molecule has 1 heterocycles. The van der Waals surface area contributed by atoms with Gasteiger partial charge in [0.05, 0.1) is 6.04 Å². The van der Waals surface area contributed by atoms with Crippen LogP contribution in [0.4, 0.5) is 5.69 Å². The van der Waals surface area contributed by atoms with Crippen LogP contribution in [-0.2, 0) is 16.1 Å². The van der Waals surface area contributed by atoms with Crippen LogP contribution in [-0.4, -0.2) is 29.3 Å². The van der Waals surface area contributed by atoms with Crippen molar-refractivity contribution in [2.75, 3.05) is 11.9 Å². The topological polar surface area (TPSA) is 75.4 Å². The fourth-order valence-corrected chi connectivity index (χ4v) is 2.76. The Bertz CT molecular complexity index is 622. The second kappa shape index (κ2) is 8.29. The van der Waals surface area contributed by atoms with Crippen LogP contribution in [0.25, 0.3) is 0 Å². The zero-order chi connectivity index (χ0) is 16.7. The second-order valence-electron chi connectivity index (χ2n) is 5.61. The van der Waals surface area contributed by atoms with Crippen molar-refractivity contribution in [2.24, 2.45) is 5.73 Å². The number of hydrogen-bond acceptors (Lipinski definition) is 3. The van der Waals surface area contributed by atoms with Crippen LogP contribution in [0.15, 0.2) is 48.6 Å². The number of carbonyl (C=O) groups excluding carboxylic acids is 2. The van der Waals surface area contributed by atoms with Gasteiger partial charge in [0.1, 0.15) is 0 Å². The summed E-state index contributed by atoms with van der Waals surface area (Å²) in [5.41, 5.74) is 7.24. The second-order valence-corrected chi connectivity index (χ2v) is 5.61. The van der Waals surface area contributed by atoms with Crippen molar-refractivity contribution in [3.8, 4) is 0 Å². The molecule has 5 nitrogen and oxygen atoms in total. The Morgan fingerprint density at radius 1 is 1.39 bits per heavy atom. The van der Waals surface area contributed by atoms with Gasteiger partial charge in [-0.2, -0.15) is 0 Å². The highest BCUT2D eigenvalue weighted by atomic mass is 16.2. The van der Waals surface area contributed by atoms with E-state index in [0.29, 0.717) is 6.54 Å². The first kappa shape index (κ1) is 17.0. The van der Waals surface area contributed by atoms with Crippen molar-refractivity contribution >= 4 is 17.5 Å². The summed E-state index contributed by atoms with van der Waals surface area (Å²) >= 11 is 0. The summed E-state index contributed by atoms with van der Waals surface area (Å²) in [7, 11) is 0. The van der Waals surface area contributed by atoms with Gasteiger partial charge < -0.3 is 11.1 Å². The maximum absolute atomic E-state index is 11.8. The van der Waals surface area contributed by atoms with E-state index in [-0.39, 0.29) is 17.9 Å². The number of amides is 2. The maximum Gasteiger partial charge on any atom is 0.248 e. The van der Waals surface area contributed by atoms with E-state index >= 15 is 0 Å². The minimum Gasteiger partial charge on any atom is -0.368 e. The van der Waals surface area contributed by atoms with Gasteiger partial charge in [0, 0.05) is 18.3 Å². The zero-order valence-electron chi connectivity index (χ0n) is 13.4. The van der Waals surface area contributed by atoms with Crippen molar-refractivity contribution in [3.63, 3.8) is 0 Å². The Balaban J connectivity index is 1.99. The van der Waals surface area contributed by atoms with Gasteiger partial charge in [0.15, 0.2) is 0 Å². The average Bonchev–Trinajstić information content (AvgIpc) is 2.96. The number of anilines is 1. The first-order chi connectivity index (χ1) is 11.1. The summed E-state index contributed by atoms with van der Waals surface area (Å²) in [6.45, 7) is 3.42. The Kier molecular flexibility index (Phi) is 6.11. The Morgan fingerprint density at radius 2 is 2.22 bits per heavy atom. The van der Waals surface area contributed by atoms with E-state index in [0.717, 1.165) is 30.6 Å². The van der Waals surface area contributed by atoms with Crippen LogP contribution in [0.5, 0.6) is 0 Å². The third kappa shape index (κ3) is 5.07. The first-order valence-corrected chi connectivity index (χ1v) is 7.83. The van der Waals surface area contributed by atoms with Crippen LogP contribution in [0.1, 0.15) is 25.3 Å². The van der Waals surface area contributed by atoms with Crippen LogP contribution in [0, 0.1) is 0 Å². The number of nitrogens with two attached hydrogens (primary N) is 1. The lowest BCUT2D eigenvalue weighted by atomic mass is 10.1. The molecule has 0 saturated carbocycles. The summed E-state index contributed by atoms with van der Waals surface area (Å²) in [5, 5.41) is 2.83. The number of rotatable bonds is 6. The number of hydrogen-bond donors (Lipinski definition) is 2.